The third kappa shape index (κ3) is 2.96. The van der Waals surface area contributed by atoms with Gasteiger partial charge in [0.1, 0.15) is 5.75 Å². The average Bonchev–Trinajstić information content (AvgIpc) is 2.91. The first-order chi connectivity index (χ1) is 9.31. The minimum atomic E-state index is 0.448. The molecule has 0 saturated carbocycles. The molecule has 1 N–H and O–H groups in total. The lowest BCUT2D eigenvalue weighted by Crippen LogP contribution is -2.31. The maximum atomic E-state index is 5.80. The summed E-state index contributed by atoms with van der Waals surface area (Å²) >= 11 is 0. The molecule has 3 rings (SSSR count). The van der Waals surface area contributed by atoms with Gasteiger partial charge < -0.3 is 10.1 Å². The molecular formula is C15H19N3O. The molecule has 1 aromatic carbocycles. The summed E-state index contributed by atoms with van der Waals surface area (Å²) in [5.74, 6) is 1.65. The summed E-state index contributed by atoms with van der Waals surface area (Å²) in [5.41, 5.74) is 1.23. The van der Waals surface area contributed by atoms with E-state index < -0.39 is 0 Å². The highest BCUT2D eigenvalue weighted by Gasteiger charge is 2.15. The zero-order chi connectivity index (χ0) is 13.1. The Balaban J connectivity index is 1.68. The number of hydrogen-bond acceptors (Lipinski definition) is 3. The molecule has 0 aliphatic carbocycles. The van der Waals surface area contributed by atoms with Crippen molar-refractivity contribution in [3.05, 3.63) is 42.2 Å². The predicted octanol–water partition coefficient (Wildman–Crippen LogP) is 2.91. The monoisotopic (exact) mass is 257 g/mol. The quantitative estimate of drug-likeness (QED) is 0.919. The maximum absolute atomic E-state index is 5.80. The van der Waals surface area contributed by atoms with Crippen molar-refractivity contribution in [2.24, 2.45) is 0 Å². The molecule has 2 aromatic rings. The Morgan fingerprint density at radius 3 is 2.84 bits per heavy atom. The van der Waals surface area contributed by atoms with Crippen molar-refractivity contribution in [1.82, 2.24) is 15.1 Å². The van der Waals surface area contributed by atoms with Crippen LogP contribution in [0.3, 0.4) is 0 Å². The van der Waals surface area contributed by atoms with E-state index in [1.165, 1.54) is 18.4 Å². The number of ether oxygens (including phenoxy) is 1. The highest BCUT2D eigenvalue weighted by Crippen LogP contribution is 2.23. The number of rotatable bonds is 3. The molecule has 1 saturated heterocycles. The van der Waals surface area contributed by atoms with E-state index in [0.29, 0.717) is 6.04 Å². The van der Waals surface area contributed by atoms with Gasteiger partial charge in [0.15, 0.2) is 5.75 Å². The molecule has 1 aromatic heterocycles. The van der Waals surface area contributed by atoms with Crippen LogP contribution in [0.2, 0.25) is 0 Å². The van der Waals surface area contributed by atoms with Gasteiger partial charge in [-0.1, -0.05) is 17.7 Å². The standard InChI is InChI=1S/C15H19N3O/c1-12-4-6-14(7-5-12)19-15-10-17-18(11-15)13-3-2-8-16-9-13/h4-7,10-11,13,16H,2-3,8-9H2,1H3. The molecule has 1 aliphatic rings. The minimum absolute atomic E-state index is 0.448. The van der Waals surface area contributed by atoms with Crippen LogP contribution in [-0.2, 0) is 0 Å². The summed E-state index contributed by atoms with van der Waals surface area (Å²) in [5, 5.41) is 7.80. The first kappa shape index (κ1) is 12.2. The number of piperidine rings is 1. The lowest BCUT2D eigenvalue weighted by molar-refractivity contribution is 0.345. The zero-order valence-corrected chi connectivity index (χ0v) is 11.2. The summed E-state index contributed by atoms with van der Waals surface area (Å²) in [7, 11) is 0. The van der Waals surface area contributed by atoms with Crippen molar-refractivity contribution in [3.63, 3.8) is 0 Å². The van der Waals surface area contributed by atoms with Gasteiger partial charge in [0, 0.05) is 6.54 Å². The van der Waals surface area contributed by atoms with Gasteiger partial charge in [0.25, 0.3) is 0 Å². The molecule has 19 heavy (non-hydrogen) atoms. The Labute approximate surface area is 113 Å². The van der Waals surface area contributed by atoms with E-state index in [2.05, 4.69) is 17.3 Å². The van der Waals surface area contributed by atoms with Crippen LogP contribution in [0.15, 0.2) is 36.7 Å². The summed E-state index contributed by atoms with van der Waals surface area (Å²) < 4.78 is 7.81. The number of hydrogen-bond donors (Lipinski definition) is 1. The second-order valence-electron chi connectivity index (χ2n) is 5.07. The van der Waals surface area contributed by atoms with Crippen LogP contribution >= 0.6 is 0 Å². The van der Waals surface area contributed by atoms with Gasteiger partial charge in [0.05, 0.1) is 18.4 Å². The van der Waals surface area contributed by atoms with Gasteiger partial charge in [-0.25, -0.2) is 0 Å². The van der Waals surface area contributed by atoms with Crippen molar-refractivity contribution in [3.8, 4) is 11.5 Å². The third-order valence-corrected chi connectivity index (χ3v) is 3.48. The van der Waals surface area contributed by atoms with Crippen LogP contribution in [0.5, 0.6) is 11.5 Å². The summed E-state index contributed by atoms with van der Waals surface area (Å²) in [4.78, 5) is 0. The Bertz CT molecular complexity index is 527. The summed E-state index contributed by atoms with van der Waals surface area (Å²) in [6, 6.07) is 8.50. The largest absolute Gasteiger partial charge is 0.454 e. The van der Waals surface area contributed by atoms with Crippen LogP contribution < -0.4 is 10.1 Å². The van der Waals surface area contributed by atoms with E-state index in [4.69, 9.17) is 4.74 Å². The van der Waals surface area contributed by atoms with Crippen LogP contribution in [0.25, 0.3) is 0 Å². The molecule has 1 atom stereocenters. The van der Waals surface area contributed by atoms with Crippen LogP contribution in [0.1, 0.15) is 24.4 Å². The lowest BCUT2D eigenvalue weighted by Gasteiger charge is -2.22. The second-order valence-corrected chi connectivity index (χ2v) is 5.07. The Morgan fingerprint density at radius 2 is 2.11 bits per heavy atom. The fourth-order valence-corrected chi connectivity index (χ4v) is 2.37. The second kappa shape index (κ2) is 5.45. The molecule has 100 valence electrons. The lowest BCUT2D eigenvalue weighted by atomic mass is 10.1. The Kier molecular flexibility index (Phi) is 3.51. The Hall–Kier alpha value is -1.81. The van der Waals surface area contributed by atoms with E-state index in [1.807, 2.05) is 35.1 Å². The van der Waals surface area contributed by atoms with E-state index in [1.54, 1.807) is 6.20 Å². The highest BCUT2D eigenvalue weighted by molar-refractivity contribution is 5.30. The van der Waals surface area contributed by atoms with Crippen molar-refractivity contribution < 1.29 is 4.74 Å². The molecule has 1 aliphatic heterocycles. The molecule has 1 fully saturated rings. The fraction of sp³-hybridized carbons (Fsp3) is 0.400. The van der Waals surface area contributed by atoms with Crippen LogP contribution in [-0.4, -0.2) is 22.9 Å². The number of nitrogens with zero attached hydrogens (tertiary/aromatic N) is 2. The molecule has 4 nitrogen and oxygen atoms in total. The summed E-state index contributed by atoms with van der Waals surface area (Å²) in [6.07, 6.45) is 6.16. The van der Waals surface area contributed by atoms with Gasteiger partial charge in [-0.15, -0.1) is 0 Å². The molecule has 1 unspecified atom stereocenters. The summed E-state index contributed by atoms with van der Waals surface area (Å²) in [6.45, 7) is 4.17. The number of aromatic nitrogens is 2. The normalized spacial score (nSPS) is 19.3. The number of aryl methyl sites for hydroxylation is 1. The number of nitrogens with one attached hydrogen (secondary N) is 1. The van der Waals surface area contributed by atoms with E-state index in [-0.39, 0.29) is 0 Å². The minimum Gasteiger partial charge on any atom is -0.454 e. The molecule has 0 amide bonds. The SMILES string of the molecule is Cc1ccc(Oc2cnn(C3CCCNC3)c2)cc1. The first-order valence-corrected chi connectivity index (χ1v) is 6.81. The van der Waals surface area contributed by atoms with Gasteiger partial charge in [-0.2, -0.15) is 5.10 Å². The molecular weight excluding hydrogens is 238 g/mol. The number of benzene rings is 1. The topological polar surface area (TPSA) is 39.1 Å². The molecule has 0 bridgehead atoms. The maximum Gasteiger partial charge on any atom is 0.165 e. The fourth-order valence-electron chi connectivity index (χ4n) is 2.37. The highest BCUT2D eigenvalue weighted by atomic mass is 16.5. The van der Waals surface area contributed by atoms with Gasteiger partial charge in [-0.3, -0.25) is 4.68 Å². The smallest absolute Gasteiger partial charge is 0.165 e. The molecule has 0 radical (unpaired) electrons. The van der Waals surface area contributed by atoms with Gasteiger partial charge in [-0.05, 0) is 38.4 Å². The molecule has 2 heterocycles. The first-order valence-electron chi connectivity index (χ1n) is 6.81. The Morgan fingerprint density at radius 1 is 1.26 bits per heavy atom. The third-order valence-electron chi connectivity index (χ3n) is 3.48. The molecule has 4 heteroatoms. The van der Waals surface area contributed by atoms with Crippen LogP contribution in [0.4, 0.5) is 0 Å². The van der Waals surface area contributed by atoms with Gasteiger partial charge >= 0.3 is 0 Å². The molecule has 0 spiro atoms. The van der Waals surface area contributed by atoms with E-state index in [9.17, 15) is 0 Å². The predicted molar refractivity (Wildman–Crippen MR) is 74.6 cm³/mol. The van der Waals surface area contributed by atoms with E-state index in [0.717, 1.165) is 24.6 Å². The van der Waals surface area contributed by atoms with Crippen LogP contribution in [0, 0.1) is 6.92 Å². The van der Waals surface area contributed by atoms with Crippen molar-refractivity contribution >= 4 is 0 Å². The zero-order valence-electron chi connectivity index (χ0n) is 11.2. The van der Waals surface area contributed by atoms with E-state index >= 15 is 0 Å². The van der Waals surface area contributed by atoms with Crippen molar-refractivity contribution in [2.45, 2.75) is 25.8 Å². The van der Waals surface area contributed by atoms with Gasteiger partial charge in [0.2, 0.25) is 0 Å². The average molecular weight is 257 g/mol. The van der Waals surface area contributed by atoms with Crippen molar-refractivity contribution in [1.29, 1.82) is 0 Å². The van der Waals surface area contributed by atoms with Crippen molar-refractivity contribution in [2.75, 3.05) is 13.1 Å².